The first kappa shape index (κ1) is 17.5. The molecule has 1 aromatic heterocycles. The second-order valence-corrected chi connectivity index (χ2v) is 5.08. The predicted octanol–water partition coefficient (Wildman–Crippen LogP) is 3.29. The summed E-state index contributed by atoms with van der Waals surface area (Å²) in [4.78, 5) is 33.6. The van der Waals surface area contributed by atoms with Gasteiger partial charge in [-0.3, -0.25) is 10.1 Å². The molecule has 1 heterocycles. The highest BCUT2D eigenvalue weighted by molar-refractivity contribution is 6.32. The third kappa shape index (κ3) is 3.72. The Labute approximate surface area is 141 Å². The van der Waals surface area contributed by atoms with Gasteiger partial charge in [0.05, 0.1) is 17.6 Å². The molecule has 0 N–H and O–H groups in total. The number of hydrogen-bond acceptors (Lipinski definition) is 7. The van der Waals surface area contributed by atoms with Crippen molar-refractivity contribution in [2.75, 3.05) is 7.11 Å². The third-order valence-electron chi connectivity index (χ3n) is 3.10. The Morgan fingerprint density at radius 3 is 2.62 bits per heavy atom. The van der Waals surface area contributed by atoms with E-state index in [4.69, 9.17) is 20.8 Å². The molecule has 0 aliphatic heterocycles. The van der Waals surface area contributed by atoms with E-state index in [2.05, 4.69) is 4.74 Å². The molecule has 0 bridgehead atoms. The maximum Gasteiger partial charge on any atom is 0.341 e. The van der Waals surface area contributed by atoms with Crippen molar-refractivity contribution in [1.82, 2.24) is 0 Å². The van der Waals surface area contributed by atoms with E-state index in [-0.39, 0.29) is 28.5 Å². The van der Waals surface area contributed by atoms with E-state index in [1.54, 1.807) is 6.92 Å². The normalized spacial score (nSPS) is 10.3. The second-order valence-electron chi connectivity index (χ2n) is 4.67. The number of furan rings is 1. The van der Waals surface area contributed by atoms with E-state index in [0.717, 1.165) is 6.07 Å². The van der Waals surface area contributed by atoms with Crippen molar-refractivity contribution in [3.8, 4) is 0 Å². The lowest BCUT2D eigenvalue weighted by atomic mass is 10.2. The fourth-order valence-electron chi connectivity index (χ4n) is 1.93. The molecule has 126 valence electrons. The number of aryl methyl sites for hydroxylation is 1. The maximum absolute atomic E-state index is 12.0. The fraction of sp³-hybridized carbons (Fsp3) is 0.200. The first-order valence-electron chi connectivity index (χ1n) is 6.62. The molecule has 0 aliphatic carbocycles. The van der Waals surface area contributed by atoms with Gasteiger partial charge in [-0.2, -0.15) is 0 Å². The molecule has 2 aromatic rings. The van der Waals surface area contributed by atoms with Crippen LogP contribution in [0.25, 0.3) is 0 Å². The topological polar surface area (TPSA) is 109 Å². The summed E-state index contributed by atoms with van der Waals surface area (Å²) in [5.74, 6) is -0.787. The lowest BCUT2D eigenvalue weighted by molar-refractivity contribution is -0.384. The summed E-state index contributed by atoms with van der Waals surface area (Å²) in [7, 11) is 1.24. The van der Waals surface area contributed by atoms with Gasteiger partial charge in [-0.05, 0) is 25.1 Å². The number of halogens is 1. The molecule has 0 atom stereocenters. The minimum Gasteiger partial charge on any atom is -0.465 e. The maximum atomic E-state index is 12.0. The fourth-order valence-corrected chi connectivity index (χ4v) is 2.11. The molecule has 2 rings (SSSR count). The van der Waals surface area contributed by atoms with Crippen LogP contribution >= 0.6 is 11.6 Å². The van der Waals surface area contributed by atoms with Crippen LogP contribution in [0.5, 0.6) is 0 Å². The SMILES string of the molecule is COC(=O)c1cc(COC(=O)c2ccc(Cl)c([N+](=O)[O-])c2)oc1C. The highest BCUT2D eigenvalue weighted by atomic mass is 35.5. The number of rotatable bonds is 5. The van der Waals surface area contributed by atoms with Crippen molar-refractivity contribution in [2.45, 2.75) is 13.5 Å². The third-order valence-corrected chi connectivity index (χ3v) is 3.42. The van der Waals surface area contributed by atoms with E-state index >= 15 is 0 Å². The molecule has 0 spiro atoms. The van der Waals surface area contributed by atoms with Gasteiger partial charge in [0.25, 0.3) is 5.69 Å². The van der Waals surface area contributed by atoms with Gasteiger partial charge in [-0.1, -0.05) is 11.6 Å². The number of nitro benzene ring substituents is 1. The molecule has 0 fully saturated rings. The first-order valence-corrected chi connectivity index (χ1v) is 7.00. The number of hydrogen-bond donors (Lipinski definition) is 0. The van der Waals surface area contributed by atoms with E-state index in [0.29, 0.717) is 5.76 Å². The number of nitrogens with zero attached hydrogens (tertiary/aromatic N) is 1. The molecule has 8 nitrogen and oxygen atoms in total. The Bertz CT molecular complexity index is 812. The highest BCUT2D eigenvalue weighted by Gasteiger charge is 2.19. The zero-order valence-electron chi connectivity index (χ0n) is 12.7. The summed E-state index contributed by atoms with van der Waals surface area (Å²) in [6.45, 7) is 1.33. The molecule has 24 heavy (non-hydrogen) atoms. The van der Waals surface area contributed by atoms with E-state index < -0.39 is 22.5 Å². The van der Waals surface area contributed by atoms with Crippen LogP contribution in [0.15, 0.2) is 28.7 Å². The zero-order valence-corrected chi connectivity index (χ0v) is 13.5. The number of carbonyl (C=O) groups excluding carboxylic acids is 2. The zero-order chi connectivity index (χ0) is 17.9. The summed E-state index contributed by atoms with van der Waals surface area (Å²) in [5, 5.41) is 10.7. The molecule has 0 aliphatic rings. The van der Waals surface area contributed by atoms with Crippen molar-refractivity contribution in [3.05, 3.63) is 62.0 Å². The lowest BCUT2D eigenvalue weighted by Crippen LogP contribution is -2.05. The average molecular weight is 354 g/mol. The summed E-state index contributed by atoms with van der Waals surface area (Å²) >= 11 is 5.68. The number of esters is 2. The Morgan fingerprint density at radius 2 is 2.00 bits per heavy atom. The van der Waals surface area contributed by atoms with Crippen LogP contribution in [-0.4, -0.2) is 24.0 Å². The molecule has 0 unspecified atom stereocenters. The van der Waals surface area contributed by atoms with Crippen LogP contribution < -0.4 is 0 Å². The van der Waals surface area contributed by atoms with E-state index in [1.807, 2.05) is 0 Å². The molecular formula is C15H12ClNO7. The minimum atomic E-state index is -0.788. The number of nitro groups is 1. The van der Waals surface area contributed by atoms with Crippen molar-refractivity contribution in [2.24, 2.45) is 0 Å². The van der Waals surface area contributed by atoms with E-state index in [1.165, 1.54) is 25.3 Å². The van der Waals surface area contributed by atoms with Crippen molar-refractivity contribution in [1.29, 1.82) is 0 Å². The molecule has 0 saturated heterocycles. The van der Waals surface area contributed by atoms with E-state index in [9.17, 15) is 19.7 Å². The number of methoxy groups -OCH3 is 1. The standard InChI is InChI=1S/C15H12ClNO7/c1-8-11(15(19)22-2)6-10(24-8)7-23-14(18)9-3-4-12(16)13(5-9)17(20)21/h3-6H,7H2,1-2H3. The summed E-state index contributed by atoms with van der Waals surface area (Å²) in [5.41, 5.74) is -0.193. The van der Waals surface area contributed by atoms with Crippen molar-refractivity contribution >= 4 is 29.2 Å². The number of benzene rings is 1. The largest absolute Gasteiger partial charge is 0.465 e. The predicted molar refractivity (Wildman–Crippen MR) is 82.0 cm³/mol. The molecule has 0 saturated carbocycles. The Kier molecular flexibility index (Phi) is 5.20. The number of carbonyl (C=O) groups is 2. The van der Waals surface area contributed by atoms with Gasteiger partial charge in [-0.15, -0.1) is 0 Å². The van der Waals surface area contributed by atoms with Crippen molar-refractivity contribution < 1.29 is 28.4 Å². The van der Waals surface area contributed by atoms with Crippen LogP contribution in [0.3, 0.4) is 0 Å². The van der Waals surface area contributed by atoms with Gasteiger partial charge in [0.15, 0.2) is 0 Å². The highest BCUT2D eigenvalue weighted by Crippen LogP contribution is 2.25. The van der Waals surface area contributed by atoms with Crippen LogP contribution in [0.4, 0.5) is 5.69 Å². The molecular weight excluding hydrogens is 342 g/mol. The number of ether oxygens (including phenoxy) is 2. The molecule has 0 amide bonds. The van der Waals surface area contributed by atoms with Crippen LogP contribution in [0, 0.1) is 17.0 Å². The van der Waals surface area contributed by atoms with Crippen molar-refractivity contribution in [3.63, 3.8) is 0 Å². The smallest absolute Gasteiger partial charge is 0.341 e. The lowest BCUT2D eigenvalue weighted by Gasteiger charge is -2.03. The molecule has 0 radical (unpaired) electrons. The summed E-state index contributed by atoms with van der Waals surface area (Å²) in [6, 6.07) is 4.98. The van der Waals surface area contributed by atoms with Gasteiger partial charge < -0.3 is 13.9 Å². The van der Waals surface area contributed by atoms with Crippen LogP contribution in [0.1, 0.15) is 32.2 Å². The van der Waals surface area contributed by atoms with Gasteiger partial charge >= 0.3 is 11.9 Å². The minimum absolute atomic E-state index is 0.0254. The molecule has 9 heteroatoms. The molecule has 1 aromatic carbocycles. The van der Waals surface area contributed by atoms with Gasteiger partial charge in [0.2, 0.25) is 0 Å². The summed E-state index contributed by atoms with van der Waals surface area (Å²) in [6.07, 6.45) is 0. The Balaban J connectivity index is 2.10. The second kappa shape index (κ2) is 7.14. The van der Waals surface area contributed by atoms with Crippen LogP contribution in [0.2, 0.25) is 5.02 Å². The first-order chi connectivity index (χ1) is 11.3. The monoisotopic (exact) mass is 353 g/mol. The van der Waals surface area contributed by atoms with Gasteiger partial charge in [0, 0.05) is 6.07 Å². The summed E-state index contributed by atoms with van der Waals surface area (Å²) < 4.78 is 14.9. The quantitative estimate of drug-likeness (QED) is 0.460. The average Bonchev–Trinajstić information content (AvgIpc) is 2.93. The van der Waals surface area contributed by atoms with Gasteiger partial charge in [0.1, 0.15) is 28.7 Å². The van der Waals surface area contributed by atoms with Gasteiger partial charge in [-0.25, -0.2) is 9.59 Å². The Hall–Kier alpha value is -2.87. The van der Waals surface area contributed by atoms with Crippen LogP contribution in [-0.2, 0) is 16.1 Å². The Morgan fingerprint density at radius 1 is 1.29 bits per heavy atom.